The lowest BCUT2D eigenvalue weighted by Gasteiger charge is -2.34. The SMILES string of the molecule is COc1c(C)cc(CN(C)CC(=O)Nc2ccc(S(=O)(=O)N3CC(C)OC(C)C3)cc2)cc1C. The molecule has 8 nitrogen and oxygen atoms in total. The summed E-state index contributed by atoms with van der Waals surface area (Å²) in [4.78, 5) is 14.7. The fraction of sp³-hybridized carbons (Fsp3) is 0.480. The van der Waals surface area contributed by atoms with E-state index in [-0.39, 0.29) is 29.6 Å². The predicted molar refractivity (Wildman–Crippen MR) is 133 cm³/mol. The predicted octanol–water partition coefficient (Wildman–Crippen LogP) is 3.18. The Balaban J connectivity index is 1.58. The second-order valence-electron chi connectivity index (χ2n) is 9.09. The summed E-state index contributed by atoms with van der Waals surface area (Å²) < 4.78 is 38.5. The van der Waals surface area contributed by atoms with Gasteiger partial charge in [-0.1, -0.05) is 12.1 Å². The van der Waals surface area contributed by atoms with E-state index in [0.29, 0.717) is 25.3 Å². The molecule has 0 radical (unpaired) electrons. The van der Waals surface area contributed by atoms with Gasteiger partial charge in [0.2, 0.25) is 15.9 Å². The summed E-state index contributed by atoms with van der Waals surface area (Å²) in [7, 11) is -0.0683. The minimum Gasteiger partial charge on any atom is -0.496 e. The summed E-state index contributed by atoms with van der Waals surface area (Å²) in [6.07, 6.45) is -0.306. The molecule has 2 unspecified atom stereocenters. The second-order valence-corrected chi connectivity index (χ2v) is 11.0. The molecule has 0 aromatic heterocycles. The maximum Gasteiger partial charge on any atom is 0.243 e. The Morgan fingerprint density at radius 1 is 1.12 bits per heavy atom. The van der Waals surface area contributed by atoms with E-state index in [1.807, 2.05) is 39.6 Å². The standard InChI is InChI=1S/C25H35N3O5S/c1-17-11-21(12-18(2)25(17)32-6)15-27(5)16-24(29)26-22-7-9-23(10-8-22)34(30,31)28-13-19(3)33-20(4)14-28/h7-12,19-20H,13-16H2,1-6H3,(H,26,29). The number of hydrogen-bond donors (Lipinski definition) is 1. The van der Waals surface area contributed by atoms with Gasteiger partial charge in [-0.25, -0.2) is 8.42 Å². The normalized spacial score (nSPS) is 19.3. The van der Waals surface area contributed by atoms with Crippen LogP contribution in [0.1, 0.15) is 30.5 Å². The first-order valence-electron chi connectivity index (χ1n) is 11.4. The Morgan fingerprint density at radius 2 is 1.68 bits per heavy atom. The van der Waals surface area contributed by atoms with Crippen LogP contribution in [0.25, 0.3) is 0 Å². The van der Waals surface area contributed by atoms with Crippen LogP contribution in [0, 0.1) is 13.8 Å². The van der Waals surface area contributed by atoms with Gasteiger partial charge in [-0.3, -0.25) is 9.69 Å². The number of amides is 1. The van der Waals surface area contributed by atoms with Gasteiger partial charge in [0, 0.05) is 25.3 Å². The van der Waals surface area contributed by atoms with Crippen LogP contribution in [0.5, 0.6) is 5.75 Å². The minimum absolute atomic E-state index is 0.153. The number of morpholine rings is 1. The van der Waals surface area contributed by atoms with Crippen molar-refractivity contribution in [3.8, 4) is 5.75 Å². The van der Waals surface area contributed by atoms with Crippen molar-refractivity contribution in [1.29, 1.82) is 0 Å². The number of sulfonamides is 1. The first-order chi connectivity index (χ1) is 16.0. The van der Waals surface area contributed by atoms with Crippen LogP contribution < -0.4 is 10.1 Å². The molecule has 34 heavy (non-hydrogen) atoms. The molecule has 1 amide bonds. The van der Waals surface area contributed by atoms with Crippen molar-refractivity contribution in [2.24, 2.45) is 0 Å². The number of benzene rings is 2. The number of ether oxygens (including phenoxy) is 2. The van der Waals surface area contributed by atoms with E-state index in [2.05, 4.69) is 17.4 Å². The lowest BCUT2D eigenvalue weighted by atomic mass is 10.1. The van der Waals surface area contributed by atoms with E-state index in [4.69, 9.17) is 9.47 Å². The van der Waals surface area contributed by atoms with Crippen LogP contribution in [-0.4, -0.2) is 69.5 Å². The van der Waals surface area contributed by atoms with Crippen molar-refractivity contribution in [3.05, 3.63) is 53.1 Å². The number of carbonyl (C=O) groups excluding carboxylic acids is 1. The summed E-state index contributed by atoms with van der Waals surface area (Å²) in [6.45, 7) is 9.21. The molecule has 9 heteroatoms. The molecule has 2 aromatic rings. The zero-order valence-corrected chi connectivity index (χ0v) is 21.6. The fourth-order valence-corrected chi connectivity index (χ4v) is 6.04. The van der Waals surface area contributed by atoms with Gasteiger partial charge in [0.15, 0.2) is 0 Å². The Kier molecular flexibility index (Phi) is 8.35. The van der Waals surface area contributed by atoms with Crippen molar-refractivity contribution in [2.75, 3.05) is 39.1 Å². The second kappa shape index (κ2) is 10.9. The number of aryl methyl sites for hydroxylation is 2. The highest BCUT2D eigenvalue weighted by Gasteiger charge is 2.32. The van der Waals surface area contributed by atoms with Gasteiger partial charge in [0.1, 0.15) is 5.75 Å². The number of nitrogens with one attached hydrogen (secondary N) is 1. The topological polar surface area (TPSA) is 88.2 Å². The fourth-order valence-electron chi connectivity index (χ4n) is 4.45. The molecule has 1 fully saturated rings. The average molecular weight is 490 g/mol. The summed E-state index contributed by atoms with van der Waals surface area (Å²) >= 11 is 0. The van der Waals surface area contributed by atoms with Gasteiger partial charge in [-0.2, -0.15) is 4.31 Å². The Labute approximate surface area is 202 Å². The van der Waals surface area contributed by atoms with Gasteiger partial charge >= 0.3 is 0 Å². The molecule has 2 atom stereocenters. The molecule has 1 aliphatic rings. The Hall–Kier alpha value is -2.46. The first-order valence-corrected chi connectivity index (χ1v) is 12.8. The molecule has 0 saturated carbocycles. The summed E-state index contributed by atoms with van der Waals surface area (Å²) in [5.74, 6) is 0.711. The minimum atomic E-state index is -3.62. The van der Waals surface area contributed by atoms with Crippen molar-refractivity contribution in [2.45, 2.75) is 51.3 Å². The molecule has 1 N–H and O–H groups in total. The van der Waals surface area contributed by atoms with Crippen LogP contribution in [0.4, 0.5) is 5.69 Å². The van der Waals surface area contributed by atoms with Crippen molar-refractivity contribution in [3.63, 3.8) is 0 Å². The van der Waals surface area contributed by atoms with Gasteiger partial charge in [-0.15, -0.1) is 0 Å². The monoisotopic (exact) mass is 489 g/mol. The molecule has 0 aliphatic carbocycles. The maximum absolute atomic E-state index is 13.0. The molecular weight excluding hydrogens is 454 g/mol. The van der Waals surface area contributed by atoms with Crippen molar-refractivity contribution in [1.82, 2.24) is 9.21 Å². The third kappa shape index (κ3) is 6.35. The van der Waals surface area contributed by atoms with E-state index in [0.717, 1.165) is 22.4 Å². The zero-order chi connectivity index (χ0) is 25.0. The smallest absolute Gasteiger partial charge is 0.243 e. The highest BCUT2D eigenvalue weighted by Crippen LogP contribution is 2.25. The lowest BCUT2D eigenvalue weighted by Crippen LogP contribution is -2.48. The number of methoxy groups -OCH3 is 1. The maximum atomic E-state index is 13.0. The van der Waals surface area contributed by atoms with Crippen LogP contribution in [0.2, 0.25) is 0 Å². The third-order valence-electron chi connectivity index (χ3n) is 5.75. The van der Waals surface area contributed by atoms with Gasteiger partial charge < -0.3 is 14.8 Å². The van der Waals surface area contributed by atoms with E-state index in [9.17, 15) is 13.2 Å². The highest BCUT2D eigenvalue weighted by molar-refractivity contribution is 7.89. The summed E-state index contributed by atoms with van der Waals surface area (Å²) in [5.41, 5.74) is 3.78. The number of rotatable bonds is 8. The molecule has 3 rings (SSSR count). The first kappa shape index (κ1) is 26.2. The van der Waals surface area contributed by atoms with E-state index >= 15 is 0 Å². The molecule has 0 bridgehead atoms. The quantitative estimate of drug-likeness (QED) is 0.613. The molecule has 1 heterocycles. The molecule has 2 aromatic carbocycles. The number of nitrogens with zero attached hydrogens (tertiary/aromatic N) is 2. The molecule has 0 spiro atoms. The van der Waals surface area contributed by atoms with Crippen LogP contribution in [0.3, 0.4) is 0 Å². The Morgan fingerprint density at radius 3 is 2.21 bits per heavy atom. The molecule has 1 aliphatic heterocycles. The Bertz CT molecular complexity index is 1080. The number of anilines is 1. The number of likely N-dealkylation sites (N-methyl/N-ethyl adjacent to an activating group) is 1. The van der Waals surface area contributed by atoms with Gasteiger partial charge in [0.05, 0.1) is 30.8 Å². The third-order valence-corrected chi connectivity index (χ3v) is 7.60. The lowest BCUT2D eigenvalue weighted by molar-refractivity contribution is -0.117. The summed E-state index contributed by atoms with van der Waals surface area (Å²) in [5, 5.41) is 2.84. The average Bonchev–Trinajstić information content (AvgIpc) is 2.73. The summed E-state index contributed by atoms with van der Waals surface area (Å²) in [6, 6.07) is 10.4. The van der Waals surface area contributed by atoms with Crippen molar-refractivity contribution >= 4 is 21.6 Å². The van der Waals surface area contributed by atoms with Crippen LogP contribution in [-0.2, 0) is 26.1 Å². The number of hydrogen-bond acceptors (Lipinski definition) is 6. The largest absolute Gasteiger partial charge is 0.496 e. The molecule has 186 valence electrons. The number of carbonyl (C=O) groups is 1. The van der Waals surface area contributed by atoms with Crippen LogP contribution in [0.15, 0.2) is 41.3 Å². The van der Waals surface area contributed by atoms with Gasteiger partial charge in [0.25, 0.3) is 0 Å². The molecular formula is C25H35N3O5S. The molecule has 1 saturated heterocycles. The zero-order valence-electron chi connectivity index (χ0n) is 20.8. The van der Waals surface area contributed by atoms with Crippen molar-refractivity contribution < 1.29 is 22.7 Å². The highest BCUT2D eigenvalue weighted by atomic mass is 32.2. The van der Waals surface area contributed by atoms with E-state index < -0.39 is 10.0 Å². The van der Waals surface area contributed by atoms with Gasteiger partial charge in [-0.05, 0) is 75.7 Å². The van der Waals surface area contributed by atoms with Crippen LogP contribution >= 0.6 is 0 Å². The van der Waals surface area contributed by atoms with E-state index in [1.54, 1.807) is 19.2 Å². The van der Waals surface area contributed by atoms with E-state index in [1.165, 1.54) is 16.4 Å².